The third-order valence-electron chi connectivity index (χ3n) is 2.50. The maximum atomic E-state index is 6.10. The zero-order valence-electron chi connectivity index (χ0n) is 9.31. The average molecular weight is 261 g/mol. The summed E-state index contributed by atoms with van der Waals surface area (Å²) in [6.07, 6.45) is 3.36. The van der Waals surface area contributed by atoms with Gasteiger partial charge >= 0.3 is 0 Å². The third-order valence-corrected chi connectivity index (χ3v) is 2.87. The SMILES string of the molecule is Clc1ccccc1Cn1ccc(-n2cnnn2)n1. The van der Waals surface area contributed by atoms with E-state index in [2.05, 4.69) is 20.6 Å². The van der Waals surface area contributed by atoms with E-state index < -0.39 is 0 Å². The molecule has 0 aliphatic heterocycles. The highest BCUT2D eigenvalue weighted by molar-refractivity contribution is 6.31. The van der Waals surface area contributed by atoms with Crippen LogP contribution in [0.4, 0.5) is 0 Å². The fraction of sp³-hybridized carbons (Fsp3) is 0.0909. The fourth-order valence-electron chi connectivity index (χ4n) is 1.63. The summed E-state index contributed by atoms with van der Waals surface area (Å²) in [4.78, 5) is 0. The maximum Gasteiger partial charge on any atom is 0.178 e. The summed E-state index contributed by atoms with van der Waals surface area (Å²) in [6.45, 7) is 0.613. The van der Waals surface area contributed by atoms with Crippen LogP contribution in [0.2, 0.25) is 5.02 Å². The Balaban J connectivity index is 1.85. The number of hydrogen-bond donors (Lipinski definition) is 0. The molecular formula is C11H9ClN6. The molecule has 0 bridgehead atoms. The molecule has 0 saturated carbocycles. The lowest BCUT2D eigenvalue weighted by Crippen LogP contribution is -2.03. The second-order valence-electron chi connectivity index (χ2n) is 3.72. The van der Waals surface area contributed by atoms with Crippen molar-refractivity contribution in [3.63, 3.8) is 0 Å². The van der Waals surface area contributed by atoms with E-state index in [4.69, 9.17) is 11.6 Å². The van der Waals surface area contributed by atoms with E-state index in [9.17, 15) is 0 Å². The van der Waals surface area contributed by atoms with Crippen molar-refractivity contribution in [1.82, 2.24) is 30.0 Å². The topological polar surface area (TPSA) is 61.4 Å². The maximum absolute atomic E-state index is 6.10. The Morgan fingerprint density at radius 3 is 2.83 bits per heavy atom. The van der Waals surface area contributed by atoms with Crippen LogP contribution >= 0.6 is 11.6 Å². The summed E-state index contributed by atoms with van der Waals surface area (Å²) in [7, 11) is 0. The number of tetrazole rings is 1. The van der Waals surface area contributed by atoms with Gasteiger partial charge in [0.2, 0.25) is 0 Å². The fourth-order valence-corrected chi connectivity index (χ4v) is 1.82. The van der Waals surface area contributed by atoms with Gasteiger partial charge in [0.25, 0.3) is 0 Å². The summed E-state index contributed by atoms with van der Waals surface area (Å²) < 4.78 is 3.29. The molecule has 0 N–H and O–H groups in total. The van der Waals surface area contributed by atoms with Gasteiger partial charge in [0.1, 0.15) is 6.33 Å². The van der Waals surface area contributed by atoms with Crippen LogP contribution in [0.3, 0.4) is 0 Å². The quantitative estimate of drug-likeness (QED) is 0.717. The summed E-state index contributed by atoms with van der Waals surface area (Å²) in [5, 5.41) is 16.0. The van der Waals surface area contributed by atoms with Crippen molar-refractivity contribution in [2.45, 2.75) is 6.54 Å². The second-order valence-corrected chi connectivity index (χ2v) is 4.12. The molecule has 3 rings (SSSR count). The lowest BCUT2D eigenvalue weighted by Gasteiger charge is -2.03. The number of aromatic nitrogens is 6. The number of halogens is 1. The van der Waals surface area contributed by atoms with Gasteiger partial charge in [-0.25, -0.2) is 0 Å². The van der Waals surface area contributed by atoms with E-state index in [0.717, 1.165) is 10.6 Å². The monoisotopic (exact) mass is 260 g/mol. The Bertz CT molecular complexity index is 645. The van der Waals surface area contributed by atoms with Crippen LogP contribution in [0, 0.1) is 0 Å². The van der Waals surface area contributed by atoms with Crippen molar-refractivity contribution in [2.24, 2.45) is 0 Å². The summed E-state index contributed by atoms with van der Waals surface area (Å²) in [6, 6.07) is 9.53. The van der Waals surface area contributed by atoms with Crippen LogP contribution in [-0.2, 0) is 6.54 Å². The standard InChI is InChI=1S/C11H9ClN6/c12-10-4-2-1-3-9(10)7-17-6-5-11(14-17)18-8-13-15-16-18/h1-6,8H,7H2. The molecule has 2 aromatic heterocycles. The van der Waals surface area contributed by atoms with E-state index in [1.54, 1.807) is 4.68 Å². The number of benzene rings is 1. The van der Waals surface area contributed by atoms with Crippen molar-refractivity contribution in [3.05, 3.63) is 53.4 Å². The first-order valence-electron chi connectivity index (χ1n) is 5.33. The summed E-state index contributed by atoms with van der Waals surface area (Å²) >= 11 is 6.10. The highest BCUT2D eigenvalue weighted by atomic mass is 35.5. The molecule has 0 unspecified atom stereocenters. The third kappa shape index (κ3) is 2.10. The molecule has 0 atom stereocenters. The van der Waals surface area contributed by atoms with Gasteiger partial charge in [-0.15, -0.1) is 5.10 Å². The first-order valence-corrected chi connectivity index (χ1v) is 5.71. The van der Waals surface area contributed by atoms with Gasteiger partial charge in [-0.05, 0) is 22.1 Å². The van der Waals surface area contributed by atoms with Gasteiger partial charge in [-0.2, -0.15) is 9.78 Å². The minimum Gasteiger partial charge on any atom is -0.266 e. The molecule has 7 heteroatoms. The zero-order valence-corrected chi connectivity index (χ0v) is 10.1. The molecule has 1 aromatic carbocycles. The molecular weight excluding hydrogens is 252 g/mol. The smallest absolute Gasteiger partial charge is 0.178 e. The highest BCUT2D eigenvalue weighted by Crippen LogP contribution is 2.16. The molecule has 3 aromatic rings. The van der Waals surface area contributed by atoms with Crippen LogP contribution in [0.1, 0.15) is 5.56 Å². The average Bonchev–Trinajstić information content (AvgIpc) is 3.02. The predicted molar refractivity (Wildman–Crippen MR) is 65.5 cm³/mol. The molecule has 0 aliphatic rings. The zero-order chi connectivity index (χ0) is 12.4. The van der Waals surface area contributed by atoms with Gasteiger partial charge in [0.05, 0.1) is 6.54 Å². The van der Waals surface area contributed by atoms with Crippen molar-refractivity contribution in [3.8, 4) is 5.82 Å². The van der Waals surface area contributed by atoms with Crippen molar-refractivity contribution < 1.29 is 0 Å². The Morgan fingerprint density at radius 2 is 2.06 bits per heavy atom. The van der Waals surface area contributed by atoms with E-state index in [1.807, 2.05) is 36.5 Å². The Labute approximate surface area is 108 Å². The Kier molecular flexibility index (Phi) is 2.77. The molecule has 18 heavy (non-hydrogen) atoms. The van der Waals surface area contributed by atoms with Crippen LogP contribution in [0.5, 0.6) is 0 Å². The number of hydrogen-bond acceptors (Lipinski definition) is 4. The lowest BCUT2D eigenvalue weighted by molar-refractivity contribution is 0.663. The predicted octanol–water partition coefficient (Wildman–Crippen LogP) is 1.56. The highest BCUT2D eigenvalue weighted by Gasteiger charge is 2.04. The largest absolute Gasteiger partial charge is 0.266 e. The van der Waals surface area contributed by atoms with Gasteiger partial charge in [0, 0.05) is 17.3 Å². The van der Waals surface area contributed by atoms with E-state index in [1.165, 1.54) is 11.0 Å². The molecule has 0 fully saturated rings. The molecule has 0 amide bonds. The van der Waals surface area contributed by atoms with Crippen LogP contribution in [0.15, 0.2) is 42.9 Å². The van der Waals surface area contributed by atoms with Gasteiger partial charge in [-0.1, -0.05) is 29.8 Å². The number of rotatable bonds is 3. The van der Waals surface area contributed by atoms with E-state index in [-0.39, 0.29) is 0 Å². The van der Waals surface area contributed by atoms with Crippen molar-refractivity contribution in [1.29, 1.82) is 0 Å². The van der Waals surface area contributed by atoms with Crippen molar-refractivity contribution >= 4 is 11.6 Å². The van der Waals surface area contributed by atoms with Crippen molar-refractivity contribution in [2.75, 3.05) is 0 Å². The van der Waals surface area contributed by atoms with E-state index in [0.29, 0.717) is 12.4 Å². The summed E-state index contributed by atoms with van der Waals surface area (Å²) in [5.74, 6) is 0.673. The molecule has 90 valence electrons. The first-order chi connectivity index (χ1) is 8.83. The van der Waals surface area contributed by atoms with Crippen LogP contribution in [-0.4, -0.2) is 30.0 Å². The lowest BCUT2D eigenvalue weighted by atomic mass is 10.2. The summed E-state index contributed by atoms with van der Waals surface area (Å²) in [5.41, 5.74) is 1.02. The molecule has 2 heterocycles. The molecule has 0 spiro atoms. The van der Waals surface area contributed by atoms with Gasteiger partial charge < -0.3 is 0 Å². The number of nitrogens with zero attached hydrogens (tertiary/aromatic N) is 6. The second kappa shape index (κ2) is 4.58. The Hall–Kier alpha value is -2.21. The van der Waals surface area contributed by atoms with Gasteiger partial charge in [-0.3, -0.25) is 4.68 Å². The van der Waals surface area contributed by atoms with Gasteiger partial charge in [0.15, 0.2) is 5.82 Å². The van der Waals surface area contributed by atoms with Crippen LogP contribution < -0.4 is 0 Å². The normalized spacial score (nSPS) is 10.7. The minimum absolute atomic E-state index is 0.613. The molecule has 0 aliphatic carbocycles. The van der Waals surface area contributed by atoms with Crippen LogP contribution in [0.25, 0.3) is 5.82 Å². The molecule has 6 nitrogen and oxygen atoms in total. The Morgan fingerprint density at radius 1 is 1.17 bits per heavy atom. The molecule has 0 radical (unpaired) electrons. The van der Waals surface area contributed by atoms with E-state index >= 15 is 0 Å². The first kappa shape index (κ1) is 10.9. The minimum atomic E-state index is 0.613. The molecule has 0 saturated heterocycles.